The molecule has 1 saturated carbocycles. The lowest BCUT2D eigenvalue weighted by Crippen LogP contribution is -2.52. The summed E-state index contributed by atoms with van der Waals surface area (Å²) in [7, 11) is 1.61. The Labute approximate surface area is 95.0 Å². The van der Waals surface area contributed by atoms with Gasteiger partial charge in [-0.05, 0) is 6.42 Å². The lowest BCUT2D eigenvalue weighted by molar-refractivity contribution is -0.175. The molecule has 92 valence electrons. The molecule has 1 saturated heterocycles. The van der Waals surface area contributed by atoms with E-state index in [0.29, 0.717) is 26.2 Å². The van der Waals surface area contributed by atoms with E-state index in [1.165, 1.54) is 0 Å². The molecule has 0 aromatic rings. The third-order valence-corrected chi connectivity index (χ3v) is 2.90. The zero-order chi connectivity index (χ0) is 11.4. The van der Waals surface area contributed by atoms with Crippen LogP contribution in [0.25, 0.3) is 0 Å². The molecule has 0 bridgehead atoms. The van der Waals surface area contributed by atoms with E-state index in [1.807, 2.05) is 0 Å². The van der Waals surface area contributed by atoms with Gasteiger partial charge in [0.25, 0.3) is 0 Å². The van der Waals surface area contributed by atoms with Gasteiger partial charge in [0.1, 0.15) is 6.10 Å². The minimum Gasteiger partial charge on any atom is -0.382 e. The third-order valence-electron chi connectivity index (χ3n) is 2.90. The molecule has 0 aromatic carbocycles. The molecule has 2 rings (SSSR count). The summed E-state index contributed by atoms with van der Waals surface area (Å²) in [5.74, 6) is 0.125. The second-order valence-corrected chi connectivity index (χ2v) is 4.11. The van der Waals surface area contributed by atoms with E-state index >= 15 is 0 Å². The van der Waals surface area contributed by atoms with E-state index in [2.05, 4.69) is 0 Å². The van der Waals surface area contributed by atoms with Crippen molar-refractivity contribution < 1.29 is 23.7 Å². The first-order chi connectivity index (χ1) is 7.81. The Morgan fingerprint density at radius 3 is 2.94 bits per heavy atom. The Morgan fingerprint density at radius 2 is 2.31 bits per heavy atom. The number of hydrogen-bond acceptors (Lipinski definition) is 5. The fourth-order valence-electron chi connectivity index (χ4n) is 1.91. The van der Waals surface area contributed by atoms with Crippen molar-refractivity contribution in [2.45, 2.75) is 31.2 Å². The monoisotopic (exact) mass is 230 g/mol. The van der Waals surface area contributed by atoms with Gasteiger partial charge in [0.2, 0.25) is 0 Å². The SMILES string of the molecule is COCCOC1C(=O)CC1OC1CCOC1. The first-order valence-corrected chi connectivity index (χ1v) is 5.67. The summed E-state index contributed by atoms with van der Waals surface area (Å²) >= 11 is 0. The zero-order valence-corrected chi connectivity index (χ0v) is 9.52. The molecule has 1 aliphatic heterocycles. The van der Waals surface area contributed by atoms with Crippen LogP contribution in [0.3, 0.4) is 0 Å². The van der Waals surface area contributed by atoms with Gasteiger partial charge in [0.15, 0.2) is 5.78 Å². The quantitative estimate of drug-likeness (QED) is 0.609. The Morgan fingerprint density at radius 1 is 1.44 bits per heavy atom. The number of carbonyl (C=O) groups is 1. The number of carbonyl (C=O) groups excluding carboxylic acids is 1. The molecule has 3 unspecified atom stereocenters. The van der Waals surface area contributed by atoms with Crippen LogP contribution in [-0.2, 0) is 23.7 Å². The molecule has 5 nitrogen and oxygen atoms in total. The molecule has 1 heterocycles. The highest BCUT2D eigenvalue weighted by Gasteiger charge is 2.43. The molecule has 0 spiro atoms. The summed E-state index contributed by atoms with van der Waals surface area (Å²) in [5, 5.41) is 0. The summed E-state index contributed by atoms with van der Waals surface area (Å²) in [6, 6.07) is 0. The number of methoxy groups -OCH3 is 1. The Balaban J connectivity index is 1.70. The van der Waals surface area contributed by atoms with Crippen molar-refractivity contribution in [1.29, 1.82) is 0 Å². The van der Waals surface area contributed by atoms with Gasteiger partial charge in [0.05, 0.1) is 32.0 Å². The molecule has 16 heavy (non-hydrogen) atoms. The number of ketones is 1. The standard InChI is InChI=1S/C11H18O5/c1-13-4-5-15-11-9(12)6-10(11)16-8-2-3-14-7-8/h8,10-11H,2-7H2,1H3. The van der Waals surface area contributed by atoms with E-state index in [4.69, 9.17) is 18.9 Å². The molecule has 0 aromatic heterocycles. The van der Waals surface area contributed by atoms with Crippen molar-refractivity contribution in [3.8, 4) is 0 Å². The minimum absolute atomic E-state index is 0.0870. The maximum Gasteiger partial charge on any atom is 0.166 e. The molecular weight excluding hydrogens is 212 g/mol. The summed E-state index contributed by atoms with van der Waals surface area (Å²) in [5.41, 5.74) is 0. The molecule has 0 amide bonds. The highest BCUT2D eigenvalue weighted by atomic mass is 16.6. The third kappa shape index (κ3) is 2.79. The lowest BCUT2D eigenvalue weighted by Gasteiger charge is -2.35. The van der Waals surface area contributed by atoms with Gasteiger partial charge in [-0.2, -0.15) is 0 Å². The molecule has 0 radical (unpaired) electrons. The Hall–Kier alpha value is -0.490. The number of Topliss-reactive ketones (excluding diaryl/α,β-unsaturated/α-hetero) is 1. The zero-order valence-electron chi connectivity index (χ0n) is 9.52. The predicted octanol–water partition coefficient (Wildman–Crippen LogP) is 0.165. The van der Waals surface area contributed by atoms with Gasteiger partial charge >= 0.3 is 0 Å². The van der Waals surface area contributed by atoms with Crippen LogP contribution in [-0.4, -0.2) is 57.6 Å². The molecule has 3 atom stereocenters. The van der Waals surface area contributed by atoms with Crippen molar-refractivity contribution in [3.63, 3.8) is 0 Å². The van der Waals surface area contributed by atoms with Crippen LogP contribution in [0.2, 0.25) is 0 Å². The highest BCUT2D eigenvalue weighted by Crippen LogP contribution is 2.26. The van der Waals surface area contributed by atoms with Crippen molar-refractivity contribution >= 4 is 5.78 Å². The van der Waals surface area contributed by atoms with Crippen molar-refractivity contribution in [3.05, 3.63) is 0 Å². The molecule has 0 N–H and O–H groups in total. The lowest BCUT2D eigenvalue weighted by atomic mass is 9.89. The van der Waals surface area contributed by atoms with Gasteiger partial charge in [0, 0.05) is 20.1 Å². The second-order valence-electron chi connectivity index (χ2n) is 4.11. The van der Waals surface area contributed by atoms with Gasteiger partial charge in [-0.25, -0.2) is 0 Å². The summed E-state index contributed by atoms with van der Waals surface area (Å²) in [4.78, 5) is 11.3. The topological polar surface area (TPSA) is 54.0 Å². The molecule has 5 heteroatoms. The van der Waals surface area contributed by atoms with Crippen LogP contribution < -0.4 is 0 Å². The molecule has 2 aliphatic rings. The van der Waals surface area contributed by atoms with E-state index in [1.54, 1.807) is 7.11 Å². The number of ether oxygens (including phenoxy) is 4. The largest absolute Gasteiger partial charge is 0.382 e. The predicted molar refractivity (Wildman–Crippen MR) is 55.3 cm³/mol. The van der Waals surface area contributed by atoms with Crippen LogP contribution in [0.1, 0.15) is 12.8 Å². The van der Waals surface area contributed by atoms with E-state index in [-0.39, 0.29) is 18.0 Å². The van der Waals surface area contributed by atoms with Crippen molar-refractivity contribution in [1.82, 2.24) is 0 Å². The maximum atomic E-state index is 11.3. The van der Waals surface area contributed by atoms with Crippen molar-refractivity contribution in [2.24, 2.45) is 0 Å². The molecular formula is C11H18O5. The first kappa shape index (κ1) is 12.0. The van der Waals surface area contributed by atoms with Crippen LogP contribution in [0, 0.1) is 0 Å². The van der Waals surface area contributed by atoms with Crippen LogP contribution in [0.4, 0.5) is 0 Å². The normalized spacial score (nSPS) is 34.1. The van der Waals surface area contributed by atoms with Crippen LogP contribution in [0.15, 0.2) is 0 Å². The van der Waals surface area contributed by atoms with Gasteiger partial charge in [-0.1, -0.05) is 0 Å². The molecule has 2 fully saturated rings. The average molecular weight is 230 g/mol. The van der Waals surface area contributed by atoms with Gasteiger partial charge < -0.3 is 18.9 Å². The molecule has 1 aliphatic carbocycles. The maximum absolute atomic E-state index is 11.3. The van der Waals surface area contributed by atoms with Crippen molar-refractivity contribution in [2.75, 3.05) is 33.5 Å². The van der Waals surface area contributed by atoms with E-state index < -0.39 is 6.10 Å². The van der Waals surface area contributed by atoms with E-state index in [0.717, 1.165) is 13.0 Å². The Bertz CT molecular complexity index is 237. The van der Waals surface area contributed by atoms with Crippen LogP contribution in [0.5, 0.6) is 0 Å². The average Bonchev–Trinajstić information content (AvgIpc) is 2.76. The smallest absolute Gasteiger partial charge is 0.166 e. The minimum atomic E-state index is -0.393. The second kappa shape index (κ2) is 5.72. The van der Waals surface area contributed by atoms with E-state index in [9.17, 15) is 4.79 Å². The fraction of sp³-hybridized carbons (Fsp3) is 0.909. The van der Waals surface area contributed by atoms with Crippen LogP contribution >= 0.6 is 0 Å². The highest BCUT2D eigenvalue weighted by molar-refractivity contribution is 5.90. The summed E-state index contributed by atoms with van der Waals surface area (Å²) < 4.78 is 21.2. The first-order valence-electron chi connectivity index (χ1n) is 5.67. The van der Waals surface area contributed by atoms with Gasteiger partial charge in [-0.3, -0.25) is 4.79 Å². The number of rotatable bonds is 6. The number of hydrogen-bond donors (Lipinski definition) is 0. The summed E-state index contributed by atoms with van der Waals surface area (Å²) in [6.07, 6.45) is 1.03. The summed E-state index contributed by atoms with van der Waals surface area (Å²) in [6.45, 7) is 2.33. The Kier molecular flexibility index (Phi) is 4.29. The van der Waals surface area contributed by atoms with Gasteiger partial charge in [-0.15, -0.1) is 0 Å². The fourth-order valence-corrected chi connectivity index (χ4v) is 1.91.